The number of piperidine rings is 1. The van der Waals surface area contributed by atoms with E-state index in [1.165, 1.54) is 17.0 Å². The molecule has 0 saturated carbocycles. The third-order valence-electron chi connectivity index (χ3n) is 7.19. The Balaban J connectivity index is 1.67. The normalized spacial score (nSPS) is 19.4. The summed E-state index contributed by atoms with van der Waals surface area (Å²) in [5, 5.41) is 2.87. The Labute approximate surface area is 222 Å². The van der Waals surface area contributed by atoms with Crippen molar-refractivity contribution < 1.29 is 28.0 Å². The van der Waals surface area contributed by atoms with Crippen LogP contribution in [0.3, 0.4) is 0 Å². The highest BCUT2D eigenvalue weighted by atomic mass is 35.5. The van der Waals surface area contributed by atoms with Crippen LogP contribution in [-0.4, -0.2) is 73.8 Å². The zero-order chi connectivity index (χ0) is 27.5. The molecule has 0 spiro atoms. The van der Waals surface area contributed by atoms with Crippen LogP contribution in [0.2, 0.25) is 5.02 Å². The molecule has 1 saturated heterocycles. The first-order valence-corrected chi connectivity index (χ1v) is 12.2. The van der Waals surface area contributed by atoms with Crippen LogP contribution in [0.25, 0.3) is 0 Å². The van der Waals surface area contributed by atoms with Gasteiger partial charge >= 0.3 is 5.92 Å². The van der Waals surface area contributed by atoms with Gasteiger partial charge in [0.25, 0.3) is 11.8 Å². The largest absolute Gasteiger partial charge is 0.357 e. The van der Waals surface area contributed by atoms with Gasteiger partial charge in [0.1, 0.15) is 45.3 Å². The van der Waals surface area contributed by atoms with Gasteiger partial charge in [-0.25, -0.2) is 0 Å². The van der Waals surface area contributed by atoms with Crippen LogP contribution in [0.1, 0.15) is 39.9 Å². The molecule has 0 aliphatic carbocycles. The predicted octanol–water partition coefficient (Wildman–Crippen LogP) is -3.48. The summed E-state index contributed by atoms with van der Waals surface area (Å²) in [7, 11) is 8.54. The molecule has 1 fully saturated rings. The van der Waals surface area contributed by atoms with Gasteiger partial charge in [-0.05, 0) is 29.7 Å². The van der Waals surface area contributed by atoms with Crippen molar-refractivity contribution in [2.24, 2.45) is 0 Å². The van der Waals surface area contributed by atoms with E-state index in [4.69, 9.17) is 11.6 Å². The number of hydrogen-bond acceptors (Lipinski definition) is 4. The van der Waals surface area contributed by atoms with Crippen molar-refractivity contribution in [3.05, 3.63) is 63.7 Å². The van der Waals surface area contributed by atoms with Gasteiger partial charge in [0.2, 0.25) is 11.8 Å². The van der Waals surface area contributed by atoms with Gasteiger partial charge in [-0.2, -0.15) is 8.78 Å². The number of benzene rings is 2. The standard InChI is InChI=1S/C22H23B5ClF2N3O4/c23-14-7-11-12(22(26,27)33(18(11)36)15-5-6-16(34)31-17(15)35)8-13(14)21(24,25)32-19(37)20(29,30)9-1-3-10(28)4-2-9/h1-4,7-8,15H,5-6,23-27H2,(H,32,37)(H,31,34,35). The molecule has 4 rings (SSSR count). The summed E-state index contributed by atoms with van der Waals surface area (Å²) in [4.78, 5) is 51.9. The molecule has 0 bridgehead atoms. The van der Waals surface area contributed by atoms with Crippen LogP contribution >= 0.6 is 11.6 Å². The lowest BCUT2D eigenvalue weighted by Gasteiger charge is -2.40. The van der Waals surface area contributed by atoms with Crippen molar-refractivity contribution >= 4 is 79.9 Å². The monoisotopic (exact) mass is 521 g/mol. The minimum absolute atomic E-state index is 0.123. The van der Waals surface area contributed by atoms with Crippen LogP contribution in [0, 0.1) is 0 Å². The Bertz CT molecular complexity index is 1340. The molecule has 15 heteroatoms. The van der Waals surface area contributed by atoms with E-state index in [0.717, 1.165) is 12.1 Å². The molecule has 2 heterocycles. The smallest absolute Gasteiger partial charge is 0.349 e. The maximum Gasteiger partial charge on any atom is 0.349 e. The maximum atomic E-state index is 15.0. The van der Waals surface area contributed by atoms with Crippen LogP contribution in [-0.2, 0) is 31.0 Å². The lowest BCUT2D eigenvalue weighted by molar-refractivity contribution is -0.147. The number of carbonyl (C=O) groups is 4. The molecule has 2 aliphatic heterocycles. The Morgan fingerprint density at radius 2 is 1.76 bits per heavy atom. The maximum absolute atomic E-state index is 15.0. The van der Waals surface area contributed by atoms with Crippen molar-refractivity contribution in [2.45, 2.75) is 35.5 Å². The zero-order valence-corrected chi connectivity index (χ0v) is 21.9. The lowest BCUT2D eigenvalue weighted by atomic mass is 9.53. The molecule has 2 aromatic rings. The van der Waals surface area contributed by atoms with E-state index in [9.17, 15) is 28.0 Å². The Morgan fingerprint density at radius 1 is 1.14 bits per heavy atom. The highest BCUT2D eigenvalue weighted by molar-refractivity contribution is 6.46. The fraction of sp³-hybridized carbons (Fsp3) is 0.273. The number of fused-ring (bicyclic) bond motifs is 1. The van der Waals surface area contributed by atoms with Gasteiger partial charge in [-0.15, -0.1) is 0 Å². The minimum Gasteiger partial charge on any atom is -0.357 e. The lowest BCUT2D eigenvalue weighted by Crippen LogP contribution is -2.59. The number of alkyl halides is 2. The molecule has 0 radical (unpaired) electrons. The van der Waals surface area contributed by atoms with Crippen LogP contribution in [0.4, 0.5) is 8.78 Å². The molecule has 186 valence electrons. The van der Waals surface area contributed by atoms with Crippen LogP contribution in [0.5, 0.6) is 0 Å². The highest BCUT2D eigenvalue weighted by Crippen LogP contribution is 2.39. The van der Waals surface area contributed by atoms with E-state index < -0.39 is 40.0 Å². The summed E-state index contributed by atoms with van der Waals surface area (Å²) in [5.74, 6) is -6.53. The average molecular weight is 521 g/mol. The average Bonchev–Trinajstić information content (AvgIpc) is 2.98. The molecule has 1 unspecified atom stereocenters. The third-order valence-corrected chi connectivity index (χ3v) is 7.44. The van der Waals surface area contributed by atoms with Crippen molar-refractivity contribution in [3.63, 3.8) is 0 Å². The second kappa shape index (κ2) is 9.08. The number of carbonyl (C=O) groups excluding carboxylic acids is 4. The molecule has 37 heavy (non-hydrogen) atoms. The number of nitrogens with zero attached hydrogens (tertiary/aromatic N) is 1. The summed E-state index contributed by atoms with van der Waals surface area (Å²) in [6.07, 6.45) is 0.332. The second-order valence-corrected chi connectivity index (χ2v) is 11.0. The van der Waals surface area contributed by atoms with Gasteiger partial charge in [0.05, 0.1) is 0 Å². The van der Waals surface area contributed by atoms with E-state index in [0.29, 0.717) is 22.2 Å². The number of imide groups is 1. The number of rotatable bonds is 5. The molecule has 0 aromatic heterocycles. The molecule has 4 amide bonds. The molecule has 2 aromatic carbocycles. The van der Waals surface area contributed by atoms with E-state index in [1.807, 2.05) is 0 Å². The third kappa shape index (κ3) is 4.60. The van der Waals surface area contributed by atoms with Crippen molar-refractivity contribution in [2.75, 3.05) is 0 Å². The first kappa shape index (κ1) is 27.0. The van der Waals surface area contributed by atoms with Crippen molar-refractivity contribution in [1.82, 2.24) is 15.5 Å². The Morgan fingerprint density at radius 3 is 2.35 bits per heavy atom. The van der Waals surface area contributed by atoms with Gasteiger partial charge in [0, 0.05) is 33.2 Å². The Hall–Kier alpha value is -3.01. The summed E-state index contributed by atoms with van der Waals surface area (Å²) < 4.78 is 29.9. The Kier molecular flexibility index (Phi) is 6.63. The highest BCUT2D eigenvalue weighted by Gasteiger charge is 2.50. The number of hydrogen-bond donors (Lipinski definition) is 2. The molecule has 1 atom stereocenters. The summed E-state index contributed by atoms with van der Waals surface area (Å²) >= 11 is 5.79. The first-order valence-electron chi connectivity index (χ1n) is 11.9. The summed E-state index contributed by atoms with van der Waals surface area (Å²) in [5.41, 5.74) is 1.69. The molecule has 7 nitrogen and oxygen atoms in total. The molecular weight excluding hydrogens is 498 g/mol. The van der Waals surface area contributed by atoms with Gasteiger partial charge in [-0.3, -0.25) is 24.5 Å². The quantitative estimate of drug-likeness (QED) is 0.316. The fourth-order valence-corrected chi connectivity index (χ4v) is 5.38. The van der Waals surface area contributed by atoms with Crippen molar-refractivity contribution in [3.8, 4) is 0 Å². The van der Waals surface area contributed by atoms with E-state index >= 15 is 0 Å². The minimum atomic E-state index is -3.80. The first-order chi connectivity index (χ1) is 17.1. The molecule has 2 N–H and O–H groups in total. The van der Waals surface area contributed by atoms with Crippen molar-refractivity contribution in [1.29, 1.82) is 0 Å². The van der Waals surface area contributed by atoms with Gasteiger partial charge < -0.3 is 10.2 Å². The van der Waals surface area contributed by atoms with E-state index in [1.54, 1.807) is 51.4 Å². The number of amides is 4. The summed E-state index contributed by atoms with van der Waals surface area (Å²) in [6, 6.07) is 7.37. The zero-order valence-electron chi connectivity index (χ0n) is 21.2. The fourth-order valence-electron chi connectivity index (χ4n) is 5.26. The van der Waals surface area contributed by atoms with Gasteiger partial charge in [0.15, 0.2) is 0 Å². The van der Waals surface area contributed by atoms with Crippen LogP contribution in [0.15, 0.2) is 36.4 Å². The topological polar surface area (TPSA) is 95.6 Å². The van der Waals surface area contributed by atoms with Gasteiger partial charge in [-0.1, -0.05) is 41.3 Å². The summed E-state index contributed by atoms with van der Waals surface area (Å²) in [6.45, 7) is 0. The molecular formula is C22H23B5ClF2N3O4. The number of nitrogens with one attached hydrogen (secondary N) is 2. The van der Waals surface area contributed by atoms with E-state index in [2.05, 4.69) is 10.6 Å². The second-order valence-electron chi connectivity index (χ2n) is 10.6. The SMILES string of the molecule is Bc1cc2c(cc1C(B)(B)NC(=O)C(F)(F)c1ccc(Cl)cc1)C(B)(B)N(C1CCC(=O)NC1=O)C2=O. The predicted molar refractivity (Wildman–Crippen MR) is 148 cm³/mol. The van der Waals surface area contributed by atoms with E-state index in [-0.39, 0.29) is 29.7 Å². The number of halogens is 3. The molecule has 2 aliphatic rings. The van der Waals surface area contributed by atoms with Crippen LogP contribution < -0.4 is 16.1 Å².